The van der Waals surface area contributed by atoms with E-state index in [1.807, 2.05) is 61.5 Å². The maximum Gasteiger partial charge on any atom is 0.257 e. The molecule has 1 amide bonds. The Morgan fingerprint density at radius 3 is 2.52 bits per heavy atom. The molecular formula is C20H20N2O3. The predicted molar refractivity (Wildman–Crippen MR) is 95.7 cm³/mol. The van der Waals surface area contributed by atoms with Crippen LogP contribution in [-0.4, -0.2) is 24.2 Å². The molecule has 3 aromatic rings. The van der Waals surface area contributed by atoms with E-state index < -0.39 is 0 Å². The first kappa shape index (κ1) is 16.8. The van der Waals surface area contributed by atoms with Gasteiger partial charge in [0.2, 0.25) is 0 Å². The molecule has 2 aromatic carbocycles. The highest BCUT2D eigenvalue weighted by Gasteiger charge is 2.21. The molecule has 5 heteroatoms. The Hall–Kier alpha value is -3.08. The Morgan fingerprint density at radius 1 is 1.08 bits per heavy atom. The van der Waals surface area contributed by atoms with Gasteiger partial charge in [-0.05, 0) is 26.0 Å². The standard InChI is InChI=1S/C20H20N2O3/c1-14-8-10-17(11-9-14)24-13-12-21-20(23)18-15(2)25-22-19(18)16-6-4-3-5-7-16/h3-11H,12-13H2,1-2H3,(H,21,23). The van der Waals surface area contributed by atoms with E-state index in [-0.39, 0.29) is 5.91 Å². The van der Waals surface area contributed by atoms with Gasteiger partial charge in [-0.25, -0.2) is 0 Å². The first-order valence-corrected chi connectivity index (χ1v) is 8.14. The summed E-state index contributed by atoms with van der Waals surface area (Å²) >= 11 is 0. The quantitative estimate of drug-likeness (QED) is 0.696. The number of benzene rings is 2. The van der Waals surface area contributed by atoms with Gasteiger partial charge in [0.1, 0.15) is 29.4 Å². The number of ether oxygens (including phenoxy) is 1. The maximum atomic E-state index is 12.5. The van der Waals surface area contributed by atoms with Crippen LogP contribution in [-0.2, 0) is 0 Å². The van der Waals surface area contributed by atoms with Crippen LogP contribution < -0.4 is 10.1 Å². The Bertz CT molecular complexity index is 839. The average molecular weight is 336 g/mol. The Labute approximate surface area is 146 Å². The van der Waals surface area contributed by atoms with Gasteiger partial charge < -0.3 is 14.6 Å². The smallest absolute Gasteiger partial charge is 0.257 e. The summed E-state index contributed by atoms with van der Waals surface area (Å²) in [7, 11) is 0. The first-order chi connectivity index (χ1) is 12.1. The van der Waals surface area contributed by atoms with Crippen molar-refractivity contribution in [2.24, 2.45) is 0 Å². The lowest BCUT2D eigenvalue weighted by molar-refractivity contribution is 0.0946. The molecule has 1 heterocycles. The van der Waals surface area contributed by atoms with Gasteiger partial charge in [0, 0.05) is 5.56 Å². The summed E-state index contributed by atoms with van der Waals surface area (Å²) in [5.41, 5.74) is 3.04. The third-order valence-electron chi connectivity index (χ3n) is 3.81. The van der Waals surface area contributed by atoms with Gasteiger partial charge in [0.05, 0.1) is 6.54 Å². The predicted octanol–water partition coefficient (Wildman–Crippen LogP) is 3.77. The molecule has 0 aliphatic heterocycles. The average Bonchev–Trinajstić information content (AvgIpc) is 3.02. The minimum absolute atomic E-state index is 0.217. The summed E-state index contributed by atoms with van der Waals surface area (Å²) in [6, 6.07) is 17.3. The topological polar surface area (TPSA) is 64.4 Å². The third kappa shape index (κ3) is 4.07. The van der Waals surface area contributed by atoms with Crippen LogP contribution in [0.3, 0.4) is 0 Å². The van der Waals surface area contributed by atoms with Crippen LogP contribution >= 0.6 is 0 Å². The van der Waals surface area contributed by atoms with Gasteiger partial charge in [0.15, 0.2) is 0 Å². The highest BCUT2D eigenvalue weighted by atomic mass is 16.5. The minimum atomic E-state index is -0.217. The van der Waals surface area contributed by atoms with Gasteiger partial charge in [0.25, 0.3) is 5.91 Å². The SMILES string of the molecule is Cc1ccc(OCCNC(=O)c2c(-c3ccccc3)noc2C)cc1. The number of rotatable bonds is 6. The van der Waals surface area contributed by atoms with Gasteiger partial charge >= 0.3 is 0 Å². The van der Waals surface area contributed by atoms with Crippen LogP contribution in [0.15, 0.2) is 59.1 Å². The summed E-state index contributed by atoms with van der Waals surface area (Å²) < 4.78 is 10.8. The number of carbonyl (C=O) groups is 1. The fraction of sp³-hybridized carbons (Fsp3) is 0.200. The second-order valence-electron chi connectivity index (χ2n) is 5.75. The summed E-state index contributed by atoms with van der Waals surface area (Å²) in [4.78, 5) is 12.5. The molecule has 3 rings (SSSR count). The highest BCUT2D eigenvalue weighted by Crippen LogP contribution is 2.24. The van der Waals surface area contributed by atoms with Crippen molar-refractivity contribution >= 4 is 5.91 Å². The molecule has 0 bridgehead atoms. The van der Waals surface area contributed by atoms with Crippen molar-refractivity contribution in [3.8, 4) is 17.0 Å². The van der Waals surface area contributed by atoms with E-state index >= 15 is 0 Å². The molecule has 5 nitrogen and oxygen atoms in total. The fourth-order valence-electron chi connectivity index (χ4n) is 2.49. The second kappa shape index (κ2) is 7.66. The van der Waals surface area contributed by atoms with E-state index in [0.717, 1.165) is 11.3 Å². The number of carbonyl (C=O) groups excluding carboxylic acids is 1. The number of aryl methyl sites for hydroxylation is 2. The molecule has 1 aromatic heterocycles. The number of nitrogens with zero attached hydrogens (tertiary/aromatic N) is 1. The molecule has 0 saturated carbocycles. The summed E-state index contributed by atoms with van der Waals surface area (Å²) in [5, 5.41) is 6.88. The van der Waals surface area contributed by atoms with Crippen LogP contribution in [0.1, 0.15) is 21.7 Å². The van der Waals surface area contributed by atoms with E-state index in [9.17, 15) is 4.79 Å². The molecule has 0 radical (unpaired) electrons. The van der Waals surface area contributed by atoms with Crippen molar-refractivity contribution in [2.45, 2.75) is 13.8 Å². The van der Waals surface area contributed by atoms with Crippen molar-refractivity contribution < 1.29 is 14.1 Å². The number of nitrogens with one attached hydrogen (secondary N) is 1. The number of hydrogen-bond donors (Lipinski definition) is 1. The third-order valence-corrected chi connectivity index (χ3v) is 3.81. The molecule has 128 valence electrons. The minimum Gasteiger partial charge on any atom is -0.492 e. The van der Waals surface area contributed by atoms with Crippen molar-refractivity contribution in [2.75, 3.05) is 13.2 Å². The van der Waals surface area contributed by atoms with E-state index in [4.69, 9.17) is 9.26 Å². The lowest BCUT2D eigenvalue weighted by Gasteiger charge is -2.08. The number of amides is 1. The summed E-state index contributed by atoms with van der Waals surface area (Å²) in [6.07, 6.45) is 0. The number of aromatic nitrogens is 1. The van der Waals surface area contributed by atoms with Crippen molar-refractivity contribution in [1.29, 1.82) is 0 Å². The van der Waals surface area contributed by atoms with E-state index in [2.05, 4.69) is 10.5 Å². The second-order valence-corrected chi connectivity index (χ2v) is 5.75. The molecule has 0 aliphatic carbocycles. The molecular weight excluding hydrogens is 316 g/mol. The molecule has 0 spiro atoms. The van der Waals surface area contributed by atoms with Crippen LogP contribution in [0.25, 0.3) is 11.3 Å². The molecule has 1 N–H and O–H groups in total. The normalized spacial score (nSPS) is 10.5. The molecule has 0 aliphatic rings. The Kier molecular flexibility index (Phi) is 5.14. The van der Waals surface area contributed by atoms with Gasteiger partial charge in [-0.15, -0.1) is 0 Å². The van der Waals surface area contributed by atoms with Gasteiger partial charge in [-0.2, -0.15) is 0 Å². The van der Waals surface area contributed by atoms with Gasteiger partial charge in [-0.1, -0.05) is 53.2 Å². The Balaban J connectivity index is 1.60. The van der Waals surface area contributed by atoms with Crippen molar-refractivity contribution in [3.63, 3.8) is 0 Å². The van der Waals surface area contributed by atoms with E-state index in [1.165, 1.54) is 5.56 Å². The van der Waals surface area contributed by atoms with Crippen molar-refractivity contribution in [3.05, 3.63) is 71.5 Å². The molecule has 25 heavy (non-hydrogen) atoms. The zero-order valence-corrected chi connectivity index (χ0v) is 14.3. The van der Waals surface area contributed by atoms with Crippen molar-refractivity contribution in [1.82, 2.24) is 10.5 Å². The molecule has 0 atom stereocenters. The maximum absolute atomic E-state index is 12.5. The van der Waals surface area contributed by atoms with Crippen LogP contribution in [0.2, 0.25) is 0 Å². The number of hydrogen-bond acceptors (Lipinski definition) is 4. The molecule has 0 fully saturated rings. The van der Waals surface area contributed by atoms with Crippen LogP contribution in [0.4, 0.5) is 0 Å². The summed E-state index contributed by atoms with van der Waals surface area (Å²) in [5.74, 6) is 1.06. The fourth-order valence-corrected chi connectivity index (χ4v) is 2.49. The molecule has 0 unspecified atom stereocenters. The summed E-state index contributed by atoms with van der Waals surface area (Å²) in [6.45, 7) is 4.54. The zero-order valence-electron chi connectivity index (χ0n) is 14.3. The monoisotopic (exact) mass is 336 g/mol. The van der Waals surface area contributed by atoms with Gasteiger partial charge in [-0.3, -0.25) is 4.79 Å². The van der Waals surface area contributed by atoms with E-state index in [1.54, 1.807) is 6.92 Å². The van der Waals surface area contributed by atoms with Crippen LogP contribution in [0, 0.1) is 13.8 Å². The first-order valence-electron chi connectivity index (χ1n) is 8.14. The Morgan fingerprint density at radius 2 is 1.80 bits per heavy atom. The molecule has 0 saturated heterocycles. The largest absolute Gasteiger partial charge is 0.492 e. The van der Waals surface area contributed by atoms with E-state index in [0.29, 0.717) is 30.2 Å². The highest BCUT2D eigenvalue weighted by molar-refractivity contribution is 6.00. The lowest BCUT2D eigenvalue weighted by atomic mass is 10.1. The lowest BCUT2D eigenvalue weighted by Crippen LogP contribution is -2.28. The van der Waals surface area contributed by atoms with Crippen LogP contribution in [0.5, 0.6) is 5.75 Å². The zero-order chi connectivity index (χ0) is 17.6.